The Bertz CT molecular complexity index is 817. The van der Waals surface area contributed by atoms with Crippen LogP contribution in [-0.2, 0) is 22.4 Å². The normalized spacial score (nSPS) is 18.0. The van der Waals surface area contributed by atoms with Crippen molar-refractivity contribution in [3.05, 3.63) is 63.6 Å². The minimum absolute atomic E-state index is 0.176. The molecule has 2 atom stereocenters. The molecule has 1 heterocycles. The molecule has 136 valence electrons. The summed E-state index contributed by atoms with van der Waals surface area (Å²) in [7, 11) is 1.85. The lowest BCUT2D eigenvalue weighted by Crippen LogP contribution is -2.49. The van der Waals surface area contributed by atoms with E-state index < -0.39 is 6.04 Å². The van der Waals surface area contributed by atoms with Crippen LogP contribution in [0.15, 0.2) is 47.4 Å². The molecule has 0 saturated carbocycles. The fourth-order valence-corrected chi connectivity index (χ4v) is 4.36. The summed E-state index contributed by atoms with van der Waals surface area (Å²) >= 11 is 13.6. The van der Waals surface area contributed by atoms with Crippen molar-refractivity contribution in [1.82, 2.24) is 9.62 Å². The predicted molar refractivity (Wildman–Crippen MR) is 106 cm³/mol. The number of hydrogen-bond acceptors (Lipinski definition) is 4. The second-order valence-corrected chi connectivity index (χ2v) is 8.19. The van der Waals surface area contributed by atoms with Gasteiger partial charge in [0.15, 0.2) is 0 Å². The van der Waals surface area contributed by atoms with Crippen LogP contribution in [0.25, 0.3) is 0 Å². The van der Waals surface area contributed by atoms with Crippen molar-refractivity contribution in [1.29, 1.82) is 0 Å². The molecular weight excluding hydrogens is 391 g/mol. The molecule has 0 saturated heterocycles. The smallest absolute Gasteiger partial charge is 0.239 e. The molecule has 2 aromatic rings. The summed E-state index contributed by atoms with van der Waals surface area (Å²) in [5.41, 5.74) is 1.98. The first-order valence-corrected chi connectivity index (χ1v) is 9.69. The lowest BCUT2D eigenvalue weighted by molar-refractivity contribution is -0.127. The summed E-state index contributed by atoms with van der Waals surface area (Å²) < 4.78 is 1.88. The van der Waals surface area contributed by atoms with E-state index in [1.54, 1.807) is 6.07 Å². The molecule has 1 aliphatic heterocycles. The third kappa shape index (κ3) is 4.41. The molecule has 0 aromatic heterocycles. The number of carbonyl (C=O) groups excluding carboxylic acids is 2. The van der Waals surface area contributed by atoms with E-state index >= 15 is 0 Å². The van der Waals surface area contributed by atoms with Gasteiger partial charge in [0.25, 0.3) is 0 Å². The molecule has 0 aliphatic carbocycles. The first kappa shape index (κ1) is 19.2. The number of benzene rings is 2. The standard InChI is InChI=1S/C19H18Cl2N2O2S/c1-23-17(9-13-8-15(20)16(21)10-18(13)26-23)19(25)22-14(11-24)7-12-5-3-2-4-6-12/h2-6,8,10-11,14,17H,7,9H2,1H3,(H,22,25)/t14-,17?/m0/s1. The number of hydrogen-bond donors (Lipinski definition) is 1. The number of rotatable bonds is 5. The molecule has 7 heteroatoms. The Balaban J connectivity index is 1.70. The Morgan fingerprint density at radius 3 is 2.69 bits per heavy atom. The van der Waals surface area contributed by atoms with Crippen LogP contribution in [-0.4, -0.2) is 35.6 Å². The summed E-state index contributed by atoms with van der Waals surface area (Å²) in [4.78, 5) is 25.2. The van der Waals surface area contributed by atoms with Crippen molar-refractivity contribution in [2.45, 2.75) is 29.8 Å². The third-order valence-corrected chi connectivity index (χ3v) is 6.13. The average molecular weight is 409 g/mol. The topological polar surface area (TPSA) is 49.4 Å². The minimum Gasteiger partial charge on any atom is -0.345 e. The molecule has 4 nitrogen and oxygen atoms in total. The zero-order valence-corrected chi connectivity index (χ0v) is 16.4. The number of nitrogens with zero attached hydrogens (tertiary/aromatic N) is 1. The summed E-state index contributed by atoms with van der Waals surface area (Å²) in [6.07, 6.45) is 1.77. The van der Waals surface area contributed by atoms with Crippen LogP contribution in [0.4, 0.5) is 0 Å². The molecule has 1 N–H and O–H groups in total. The molecule has 0 bridgehead atoms. The van der Waals surface area contributed by atoms with Gasteiger partial charge in [-0.05, 0) is 55.1 Å². The third-order valence-electron chi connectivity index (χ3n) is 4.29. The average Bonchev–Trinajstić information content (AvgIpc) is 2.63. The molecule has 3 rings (SSSR count). The van der Waals surface area contributed by atoms with Gasteiger partial charge in [0.05, 0.1) is 16.1 Å². The number of fused-ring (bicyclic) bond motifs is 1. The van der Waals surface area contributed by atoms with E-state index in [-0.39, 0.29) is 11.9 Å². The van der Waals surface area contributed by atoms with Crippen LogP contribution in [0.2, 0.25) is 10.0 Å². The van der Waals surface area contributed by atoms with Crippen LogP contribution in [0.1, 0.15) is 11.1 Å². The van der Waals surface area contributed by atoms with Gasteiger partial charge < -0.3 is 10.1 Å². The van der Waals surface area contributed by atoms with Gasteiger partial charge in [-0.25, -0.2) is 4.31 Å². The number of nitrogens with one attached hydrogen (secondary N) is 1. The summed E-state index contributed by atoms with van der Waals surface area (Å²) in [6.45, 7) is 0. The van der Waals surface area contributed by atoms with E-state index in [1.165, 1.54) is 11.9 Å². The summed E-state index contributed by atoms with van der Waals surface area (Å²) in [5, 5.41) is 3.83. The molecule has 1 aliphatic rings. The molecule has 2 aromatic carbocycles. The van der Waals surface area contributed by atoms with Gasteiger partial charge in [0, 0.05) is 4.90 Å². The molecule has 0 radical (unpaired) electrons. The van der Waals surface area contributed by atoms with Gasteiger partial charge in [-0.3, -0.25) is 4.79 Å². The first-order valence-electron chi connectivity index (χ1n) is 8.16. The fourth-order valence-electron chi connectivity index (χ4n) is 2.91. The number of halogens is 2. The molecule has 1 unspecified atom stereocenters. The molecule has 26 heavy (non-hydrogen) atoms. The van der Waals surface area contributed by atoms with Crippen molar-refractivity contribution in [3.8, 4) is 0 Å². The number of amides is 1. The Labute approximate surface area is 167 Å². The Morgan fingerprint density at radius 1 is 1.31 bits per heavy atom. The van der Waals surface area contributed by atoms with E-state index in [0.29, 0.717) is 22.9 Å². The predicted octanol–water partition coefficient (Wildman–Crippen LogP) is 3.78. The van der Waals surface area contributed by atoms with Gasteiger partial charge in [0.2, 0.25) is 5.91 Å². The first-order chi connectivity index (χ1) is 12.5. The van der Waals surface area contributed by atoms with Crippen LogP contribution in [0, 0.1) is 0 Å². The van der Waals surface area contributed by atoms with Crippen LogP contribution < -0.4 is 5.32 Å². The highest BCUT2D eigenvalue weighted by Gasteiger charge is 2.31. The summed E-state index contributed by atoms with van der Waals surface area (Å²) in [5.74, 6) is -0.176. The Morgan fingerprint density at radius 2 is 2.00 bits per heavy atom. The van der Waals surface area contributed by atoms with E-state index in [4.69, 9.17) is 23.2 Å². The van der Waals surface area contributed by atoms with E-state index in [9.17, 15) is 9.59 Å². The monoisotopic (exact) mass is 408 g/mol. The van der Waals surface area contributed by atoms with E-state index in [2.05, 4.69) is 5.32 Å². The number of aldehydes is 1. The largest absolute Gasteiger partial charge is 0.345 e. The maximum absolute atomic E-state index is 12.7. The van der Waals surface area contributed by atoms with Gasteiger partial charge in [-0.15, -0.1) is 0 Å². The van der Waals surface area contributed by atoms with E-state index in [1.807, 2.05) is 47.8 Å². The SMILES string of the molecule is CN1Sc2cc(Cl)c(Cl)cc2CC1C(=O)N[C@H](C=O)Cc1ccccc1. The lowest BCUT2D eigenvalue weighted by atomic mass is 10.0. The second kappa shape index (κ2) is 8.44. The zero-order valence-electron chi connectivity index (χ0n) is 14.1. The van der Waals surface area contributed by atoms with Crippen LogP contribution in [0.3, 0.4) is 0 Å². The highest BCUT2D eigenvalue weighted by molar-refractivity contribution is 7.97. The van der Waals surface area contributed by atoms with Gasteiger partial charge >= 0.3 is 0 Å². The highest BCUT2D eigenvalue weighted by Crippen LogP contribution is 2.38. The second-order valence-electron chi connectivity index (χ2n) is 6.17. The quantitative estimate of drug-likeness (QED) is 0.603. The van der Waals surface area contributed by atoms with Crippen molar-refractivity contribution in [2.75, 3.05) is 7.05 Å². The Kier molecular flexibility index (Phi) is 6.24. The van der Waals surface area contributed by atoms with Crippen molar-refractivity contribution < 1.29 is 9.59 Å². The maximum Gasteiger partial charge on any atom is 0.239 e. The minimum atomic E-state index is -0.557. The highest BCUT2D eigenvalue weighted by atomic mass is 35.5. The van der Waals surface area contributed by atoms with Gasteiger partial charge in [-0.1, -0.05) is 53.5 Å². The Hall–Kier alpha value is -1.53. The molecule has 0 fully saturated rings. The maximum atomic E-state index is 12.7. The number of carbonyl (C=O) groups is 2. The van der Waals surface area contributed by atoms with E-state index in [0.717, 1.165) is 22.3 Å². The molecular formula is C19H18Cl2N2O2S. The van der Waals surface area contributed by atoms with Gasteiger partial charge in [-0.2, -0.15) is 0 Å². The van der Waals surface area contributed by atoms with Crippen LogP contribution >= 0.6 is 35.1 Å². The zero-order chi connectivity index (χ0) is 18.7. The van der Waals surface area contributed by atoms with Gasteiger partial charge in [0.1, 0.15) is 12.3 Å². The number of likely N-dealkylation sites (N-methyl/N-ethyl adjacent to an activating group) is 1. The molecule has 0 spiro atoms. The van der Waals surface area contributed by atoms with Crippen LogP contribution in [0.5, 0.6) is 0 Å². The molecule has 1 amide bonds. The summed E-state index contributed by atoms with van der Waals surface area (Å²) in [6, 6.07) is 12.3. The fraction of sp³-hybridized carbons (Fsp3) is 0.263. The lowest BCUT2D eigenvalue weighted by Gasteiger charge is -2.32. The van der Waals surface area contributed by atoms with Crippen molar-refractivity contribution >= 4 is 47.3 Å². The van der Waals surface area contributed by atoms with Crippen molar-refractivity contribution in [2.24, 2.45) is 0 Å². The van der Waals surface area contributed by atoms with Crippen molar-refractivity contribution in [3.63, 3.8) is 0 Å².